The van der Waals surface area contributed by atoms with E-state index >= 15 is 0 Å². The lowest BCUT2D eigenvalue weighted by molar-refractivity contribution is 0.0706. The van der Waals surface area contributed by atoms with Crippen LogP contribution in [0.4, 0.5) is 5.69 Å². The van der Waals surface area contributed by atoms with Gasteiger partial charge in [-0.05, 0) is 43.5 Å². The maximum atomic E-state index is 5.83. The highest BCUT2D eigenvalue weighted by molar-refractivity contribution is 5.40. The van der Waals surface area contributed by atoms with E-state index in [0.717, 1.165) is 31.9 Å². The van der Waals surface area contributed by atoms with Crippen molar-refractivity contribution in [2.45, 2.75) is 38.8 Å². The monoisotopic (exact) mass is 248 g/mol. The summed E-state index contributed by atoms with van der Waals surface area (Å²) in [5, 5.41) is 0. The average Bonchev–Trinajstić information content (AvgIpc) is 2.82. The van der Waals surface area contributed by atoms with Crippen molar-refractivity contribution in [1.82, 2.24) is 4.90 Å². The van der Waals surface area contributed by atoms with Gasteiger partial charge in [-0.25, -0.2) is 0 Å². The van der Waals surface area contributed by atoms with Gasteiger partial charge >= 0.3 is 0 Å². The van der Waals surface area contributed by atoms with Gasteiger partial charge in [0.1, 0.15) is 0 Å². The van der Waals surface area contributed by atoms with Gasteiger partial charge in [0.05, 0.1) is 6.10 Å². The molecule has 2 N–H and O–H groups in total. The molecule has 1 aliphatic rings. The number of anilines is 1. The molecule has 0 aromatic heterocycles. The van der Waals surface area contributed by atoms with Crippen LogP contribution in [0.5, 0.6) is 0 Å². The van der Waals surface area contributed by atoms with E-state index in [4.69, 9.17) is 10.5 Å². The molecule has 3 nitrogen and oxygen atoms in total. The van der Waals surface area contributed by atoms with Crippen LogP contribution in [-0.4, -0.2) is 30.7 Å². The highest BCUT2D eigenvalue weighted by atomic mass is 16.5. The largest absolute Gasteiger partial charge is 0.399 e. The van der Waals surface area contributed by atoms with E-state index in [1.165, 1.54) is 24.8 Å². The third-order valence-corrected chi connectivity index (χ3v) is 3.38. The Bertz CT molecular complexity index is 361. The molecule has 1 heterocycles. The molecule has 0 bridgehead atoms. The molecule has 1 aromatic rings. The smallest absolute Gasteiger partial charge is 0.0702 e. The van der Waals surface area contributed by atoms with E-state index < -0.39 is 0 Å². The van der Waals surface area contributed by atoms with Crippen LogP contribution >= 0.6 is 0 Å². The standard InChI is InChI=1S/C15H24N2O/c1-2-8-17(12-15-7-4-9-18-15)11-13-5-3-6-14(16)10-13/h3,5-6,10,15H,2,4,7-9,11-12,16H2,1H3. The van der Waals surface area contributed by atoms with Crippen LogP contribution in [0.3, 0.4) is 0 Å². The minimum atomic E-state index is 0.428. The lowest BCUT2D eigenvalue weighted by Gasteiger charge is -2.24. The molecule has 0 amide bonds. The number of hydrogen-bond donors (Lipinski definition) is 1. The summed E-state index contributed by atoms with van der Waals surface area (Å²) in [6, 6.07) is 8.18. The normalized spacial score (nSPS) is 19.6. The van der Waals surface area contributed by atoms with Crippen molar-refractivity contribution in [3.8, 4) is 0 Å². The quantitative estimate of drug-likeness (QED) is 0.787. The summed E-state index contributed by atoms with van der Waals surface area (Å²) in [5.74, 6) is 0. The molecule has 18 heavy (non-hydrogen) atoms. The summed E-state index contributed by atoms with van der Waals surface area (Å²) in [4.78, 5) is 2.48. The van der Waals surface area contributed by atoms with E-state index in [9.17, 15) is 0 Å². The van der Waals surface area contributed by atoms with Gasteiger partial charge in [-0.2, -0.15) is 0 Å². The molecular formula is C15H24N2O. The average molecular weight is 248 g/mol. The van der Waals surface area contributed by atoms with E-state index in [0.29, 0.717) is 6.10 Å². The second-order valence-corrected chi connectivity index (χ2v) is 5.12. The fraction of sp³-hybridized carbons (Fsp3) is 0.600. The number of nitrogen functional groups attached to an aromatic ring is 1. The minimum Gasteiger partial charge on any atom is -0.399 e. The fourth-order valence-electron chi connectivity index (χ4n) is 2.58. The van der Waals surface area contributed by atoms with Crippen molar-refractivity contribution in [3.63, 3.8) is 0 Å². The fourth-order valence-corrected chi connectivity index (χ4v) is 2.58. The van der Waals surface area contributed by atoms with Gasteiger partial charge in [0, 0.05) is 25.4 Å². The number of nitrogens with zero attached hydrogens (tertiary/aromatic N) is 1. The predicted molar refractivity (Wildman–Crippen MR) is 75.4 cm³/mol. The number of nitrogens with two attached hydrogens (primary N) is 1. The van der Waals surface area contributed by atoms with Crippen molar-refractivity contribution in [3.05, 3.63) is 29.8 Å². The first-order valence-corrected chi connectivity index (χ1v) is 6.96. The first-order valence-electron chi connectivity index (χ1n) is 6.96. The third kappa shape index (κ3) is 4.00. The summed E-state index contributed by atoms with van der Waals surface area (Å²) in [6.45, 7) is 6.29. The molecule has 3 heteroatoms. The van der Waals surface area contributed by atoms with Crippen LogP contribution in [0.1, 0.15) is 31.7 Å². The van der Waals surface area contributed by atoms with Crippen molar-refractivity contribution in [2.24, 2.45) is 0 Å². The lowest BCUT2D eigenvalue weighted by atomic mass is 10.1. The molecule has 2 rings (SSSR count). The van der Waals surface area contributed by atoms with E-state index in [-0.39, 0.29) is 0 Å². The Kier molecular flexibility index (Phi) is 5.02. The van der Waals surface area contributed by atoms with Crippen LogP contribution < -0.4 is 5.73 Å². The van der Waals surface area contributed by atoms with E-state index in [1.807, 2.05) is 12.1 Å². The highest BCUT2D eigenvalue weighted by Crippen LogP contribution is 2.16. The molecule has 0 spiro atoms. The highest BCUT2D eigenvalue weighted by Gasteiger charge is 2.18. The zero-order valence-corrected chi connectivity index (χ0v) is 11.3. The molecule has 1 fully saturated rings. The molecule has 0 aliphatic carbocycles. The zero-order valence-electron chi connectivity index (χ0n) is 11.3. The number of hydrogen-bond acceptors (Lipinski definition) is 3. The van der Waals surface area contributed by atoms with Gasteiger partial charge in [-0.1, -0.05) is 19.1 Å². The Morgan fingerprint density at radius 3 is 3.00 bits per heavy atom. The Morgan fingerprint density at radius 2 is 2.33 bits per heavy atom. The third-order valence-electron chi connectivity index (χ3n) is 3.38. The summed E-state index contributed by atoms with van der Waals surface area (Å²) >= 11 is 0. The molecule has 1 unspecified atom stereocenters. The van der Waals surface area contributed by atoms with Crippen molar-refractivity contribution >= 4 is 5.69 Å². The van der Waals surface area contributed by atoms with Crippen LogP contribution in [0.2, 0.25) is 0 Å². The van der Waals surface area contributed by atoms with Crippen LogP contribution in [0.25, 0.3) is 0 Å². The summed E-state index contributed by atoms with van der Waals surface area (Å²) < 4.78 is 5.72. The minimum absolute atomic E-state index is 0.428. The second-order valence-electron chi connectivity index (χ2n) is 5.12. The summed E-state index contributed by atoms with van der Waals surface area (Å²) in [6.07, 6.45) is 4.02. The predicted octanol–water partition coefficient (Wildman–Crippen LogP) is 2.66. The molecule has 0 saturated carbocycles. The molecule has 1 aromatic carbocycles. The van der Waals surface area contributed by atoms with E-state index in [1.54, 1.807) is 0 Å². The van der Waals surface area contributed by atoms with Gasteiger partial charge < -0.3 is 10.5 Å². The van der Waals surface area contributed by atoms with Crippen molar-refractivity contribution in [2.75, 3.05) is 25.4 Å². The van der Waals surface area contributed by atoms with E-state index in [2.05, 4.69) is 24.0 Å². The van der Waals surface area contributed by atoms with Crippen molar-refractivity contribution in [1.29, 1.82) is 0 Å². The lowest BCUT2D eigenvalue weighted by Crippen LogP contribution is -2.32. The van der Waals surface area contributed by atoms with Gasteiger partial charge in [0.15, 0.2) is 0 Å². The molecule has 1 atom stereocenters. The van der Waals surface area contributed by atoms with Crippen LogP contribution in [0.15, 0.2) is 24.3 Å². The number of ether oxygens (including phenoxy) is 1. The van der Waals surface area contributed by atoms with Crippen LogP contribution in [0, 0.1) is 0 Å². The van der Waals surface area contributed by atoms with Crippen molar-refractivity contribution < 1.29 is 4.74 Å². The molecule has 1 aliphatic heterocycles. The SMILES string of the molecule is CCCN(Cc1cccc(N)c1)CC1CCCO1. The molecule has 1 saturated heterocycles. The maximum absolute atomic E-state index is 5.83. The van der Waals surface area contributed by atoms with Gasteiger partial charge in [-0.15, -0.1) is 0 Å². The first kappa shape index (κ1) is 13.4. The van der Waals surface area contributed by atoms with Gasteiger partial charge in [0.2, 0.25) is 0 Å². The van der Waals surface area contributed by atoms with Crippen LogP contribution in [-0.2, 0) is 11.3 Å². The van der Waals surface area contributed by atoms with Gasteiger partial charge in [-0.3, -0.25) is 4.90 Å². The zero-order chi connectivity index (χ0) is 12.8. The number of benzene rings is 1. The Hall–Kier alpha value is -1.06. The molecular weight excluding hydrogens is 224 g/mol. The molecule has 0 radical (unpaired) electrons. The Labute approximate surface area is 110 Å². The Morgan fingerprint density at radius 1 is 1.44 bits per heavy atom. The summed E-state index contributed by atoms with van der Waals surface area (Å²) in [5.41, 5.74) is 7.97. The first-order chi connectivity index (χ1) is 8.78. The number of rotatable bonds is 6. The summed E-state index contributed by atoms with van der Waals surface area (Å²) in [7, 11) is 0. The maximum Gasteiger partial charge on any atom is 0.0702 e. The van der Waals surface area contributed by atoms with Gasteiger partial charge in [0.25, 0.3) is 0 Å². The topological polar surface area (TPSA) is 38.5 Å². The molecule has 100 valence electrons. The Balaban J connectivity index is 1.92. The second kappa shape index (κ2) is 6.76.